The minimum absolute atomic E-state index is 0.325. The number of aryl methyl sites for hydroxylation is 3. The van der Waals surface area contributed by atoms with Gasteiger partial charge in [-0.25, -0.2) is 4.39 Å². The number of carbonyl (C=O) groups excluding carboxylic acids is 1. The molecule has 0 spiro atoms. The van der Waals surface area contributed by atoms with E-state index in [9.17, 15) is 9.18 Å². The molecule has 0 saturated heterocycles. The predicted molar refractivity (Wildman–Crippen MR) is 115 cm³/mol. The van der Waals surface area contributed by atoms with Crippen molar-refractivity contribution < 1.29 is 14.0 Å². The Labute approximate surface area is 183 Å². The van der Waals surface area contributed by atoms with Gasteiger partial charge in [-0.2, -0.15) is 10.2 Å². The summed E-state index contributed by atoms with van der Waals surface area (Å²) in [6.45, 7) is 6.88. The second-order valence-electron chi connectivity index (χ2n) is 7.37. The lowest BCUT2D eigenvalue weighted by Gasteiger charge is -2.08. The van der Waals surface area contributed by atoms with Crippen molar-refractivity contribution in [3.8, 4) is 0 Å². The number of halogens is 2. The average Bonchev–Trinajstić information content (AvgIpc) is 3.43. The summed E-state index contributed by atoms with van der Waals surface area (Å²) in [6, 6.07) is 5.98. The molecule has 8 nitrogen and oxygen atoms in total. The molecule has 1 unspecified atom stereocenters. The van der Waals surface area contributed by atoms with Crippen molar-refractivity contribution in [2.75, 3.05) is 5.32 Å². The fourth-order valence-corrected chi connectivity index (χ4v) is 3.62. The van der Waals surface area contributed by atoms with Crippen LogP contribution < -0.4 is 5.32 Å². The zero-order valence-corrected chi connectivity index (χ0v) is 18.1. The van der Waals surface area contributed by atoms with Gasteiger partial charge in [-0.3, -0.25) is 14.2 Å². The number of benzene rings is 1. The van der Waals surface area contributed by atoms with Gasteiger partial charge in [-0.1, -0.05) is 22.8 Å². The highest BCUT2D eigenvalue weighted by Gasteiger charge is 2.31. The molecule has 162 valence electrons. The van der Waals surface area contributed by atoms with Gasteiger partial charge in [-0.05, 0) is 38.5 Å². The quantitative estimate of drug-likeness (QED) is 0.628. The fourth-order valence-electron chi connectivity index (χ4n) is 3.39. The Morgan fingerprint density at radius 1 is 1.32 bits per heavy atom. The van der Waals surface area contributed by atoms with Crippen molar-refractivity contribution in [3.63, 3.8) is 0 Å². The van der Waals surface area contributed by atoms with E-state index in [-0.39, 0.29) is 5.91 Å². The molecule has 2 aromatic heterocycles. The van der Waals surface area contributed by atoms with E-state index in [1.807, 2.05) is 31.6 Å². The number of amides is 1. The summed E-state index contributed by atoms with van der Waals surface area (Å²) < 4.78 is 16.8. The lowest BCUT2D eigenvalue weighted by Crippen LogP contribution is -2.28. The average molecular weight is 445 g/mol. The van der Waals surface area contributed by atoms with Crippen LogP contribution in [0.4, 0.5) is 10.2 Å². The van der Waals surface area contributed by atoms with Crippen LogP contribution in [0.15, 0.2) is 35.6 Å². The lowest BCUT2D eigenvalue weighted by molar-refractivity contribution is -0.125. The molecule has 1 aromatic carbocycles. The normalized spacial score (nSPS) is 15.6. The zero-order valence-electron chi connectivity index (χ0n) is 17.4. The van der Waals surface area contributed by atoms with Gasteiger partial charge in [0.05, 0.1) is 18.0 Å². The van der Waals surface area contributed by atoms with Gasteiger partial charge in [0, 0.05) is 41.5 Å². The van der Waals surface area contributed by atoms with Crippen molar-refractivity contribution in [1.29, 1.82) is 0 Å². The molecule has 1 aliphatic heterocycles. The highest BCUT2D eigenvalue weighted by Crippen LogP contribution is 2.22. The van der Waals surface area contributed by atoms with Crippen LogP contribution in [-0.2, 0) is 22.7 Å². The summed E-state index contributed by atoms with van der Waals surface area (Å²) in [5.41, 5.74) is 3.98. The van der Waals surface area contributed by atoms with Crippen molar-refractivity contribution in [1.82, 2.24) is 19.6 Å². The molecule has 3 aromatic rings. The van der Waals surface area contributed by atoms with Crippen LogP contribution in [0.1, 0.15) is 35.9 Å². The Morgan fingerprint density at radius 3 is 2.84 bits per heavy atom. The first-order valence-electron chi connectivity index (χ1n) is 9.90. The van der Waals surface area contributed by atoms with E-state index < -0.39 is 11.9 Å². The van der Waals surface area contributed by atoms with Crippen LogP contribution in [0.2, 0.25) is 5.02 Å². The molecule has 10 heteroatoms. The molecule has 0 aliphatic carbocycles. The van der Waals surface area contributed by atoms with Crippen LogP contribution in [0.3, 0.4) is 0 Å². The zero-order chi connectivity index (χ0) is 22.1. The highest BCUT2D eigenvalue weighted by atomic mass is 35.5. The summed E-state index contributed by atoms with van der Waals surface area (Å²) in [5, 5.41) is 16.0. The maximum absolute atomic E-state index is 13.3. The van der Waals surface area contributed by atoms with Gasteiger partial charge >= 0.3 is 0 Å². The van der Waals surface area contributed by atoms with Crippen molar-refractivity contribution in [3.05, 3.63) is 63.8 Å². The van der Waals surface area contributed by atoms with E-state index in [2.05, 4.69) is 20.7 Å². The number of hydrogen-bond donors (Lipinski definition) is 1. The number of aromatic nitrogens is 4. The minimum Gasteiger partial charge on any atom is -0.382 e. The monoisotopic (exact) mass is 444 g/mol. The van der Waals surface area contributed by atoms with Gasteiger partial charge in [0.15, 0.2) is 5.82 Å². The standard InChI is InChI=1S/C21H22ClFN6O2/c1-4-28-11-16(13(3)25-28)18-9-19(31-27-18)21(30)24-20-7-12(2)29(26-20)10-14-5-6-15(23)8-17(14)22/h5-8,11,19H,4,9-10H2,1-3H3,(H,24,26,30). The Balaban J connectivity index is 1.40. The van der Waals surface area contributed by atoms with Crippen LogP contribution in [0.25, 0.3) is 0 Å². The molecule has 1 atom stereocenters. The van der Waals surface area contributed by atoms with E-state index in [0.29, 0.717) is 29.5 Å². The number of carbonyl (C=O) groups is 1. The molecule has 0 radical (unpaired) electrons. The minimum atomic E-state index is -0.739. The number of rotatable bonds is 6. The third-order valence-corrected chi connectivity index (χ3v) is 5.46. The van der Waals surface area contributed by atoms with Crippen LogP contribution in [0, 0.1) is 19.7 Å². The maximum atomic E-state index is 13.3. The van der Waals surface area contributed by atoms with Gasteiger partial charge in [0.2, 0.25) is 6.10 Å². The number of nitrogens with one attached hydrogen (secondary N) is 1. The van der Waals surface area contributed by atoms with Crippen molar-refractivity contribution in [2.24, 2.45) is 5.16 Å². The van der Waals surface area contributed by atoms with E-state index in [1.165, 1.54) is 12.1 Å². The second kappa shape index (κ2) is 8.50. The van der Waals surface area contributed by atoms with Crippen LogP contribution >= 0.6 is 11.6 Å². The third-order valence-electron chi connectivity index (χ3n) is 5.11. The Morgan fingerprint density at radius 2 is 2.13 bits per heavy atom. The number of anilines is 1. The van der Waals surface area contributed by atoms with Crippen LogP contribution in [-0.4, -0.2) is 37.3 Å². The van der Waals surface area contributed by atoms with E-state index in [4.69, 9.17) is 16.4 Å². The first-order chi connectivity index (χ1) is 14.8. The SMILES string of the molecule is CCn1cc(C2=NOC(C(=O)Nc3cc(C)n(Cc4ccc(F)cc4Cl)n3)C2)c(C)n1. The molecular weight excluding hydrogens is 423 g/mol. The van der Waals surface area contributed by atoms with E-state index in [1.54, 1.807) is 16.8 Å². The molecule has 3 heterocycles. The van der Waals surface area contributed by atoms with Gasteiger partial charge < -0.3 is 10.2 Å². The van der Waals surface area contributed by atoms with Crippen LogP contribution in [0.5, 0.6) is 0 Å². The second-order valence-corrected chi connectivity index (χ2v) is 7.78. The van der Waals surface area contributed by atoms with Gasteiger partial charge in [0.1, 0.15) is 5.82 Å². The summed E-state index contributed by atoms with van der Waals surface area (Å²) >= 11 is 6.11. The fraction of sp³-hybridized carbons (Fsp3) is 0.333. The predicted octanol–water partition coefficient (Wildman–Crippen LogP) is 3.69. The maximum Gasteiger partial charge on any atom is 0.269 e. The lowest BCUT2D eigenvalue weighted by atomic mass is 10.1. The Bertz CT molecular complexity index is 1170. The van der Waals surface area contributed by atoms with Gasteiger partial charge in [0.25, 0.3) is 5.91 Å². The number of nitrogens with zero attached hydrogens (tertiary/aromatic N) is 5. The molecule has 0 bridgehead atoms. The molecule has 0 saturated carbocycles. The molecular formula is C21H22ClFN6O2. The topological polar surface area (TPSA) is 86.3 Å². The third kappa shape index (κ3) is 4.46. The highest BCUT2D eigenvalue weighted by molar-refractivity contribution is 6.31. The largest absolute Gasteiger partial charge is 0.382 e. The summed E-state index contributed by atoms with van der Waals surface area (Å²) in [6.07, 6.45) is 1.52. The number of oxime groups is 1. The summed E-state index contributed by atoms with van der Waals surface area (Å²) in [4.78, 5) is 18.0. The smallest absolute Gasteiger partial charge is 0.269 e. The van der Waals surface area contributed by atoms with Gasteiger partial charge in [-0.15, -0.1) is 0 Å². The van der Waals surface area contributed by atoms with Crippen molar-refractivity contribution in [2.45, 2.75) is 46.4 Å². The number of hydrogen-bond acceptors (Lipinski definition) is 5. The molecule has 1 N–H and O–H groups in total. The molecule has 0 fully saturated rings. The van der Waals surface area contributed by atoms with Crippen molar-refractivity contribution >= 4 is 29.0 Å². The summed E-state index contributed by atoms with van der Waals surface area (Å²) in [7, 11) is 0. The van der Waals surface area contributed by atoms with E-state index in [0.717, 1.165) is 29.1 Å². The molecule has 1 aliphatic rings. The Hall–Kier alpha value is -3.20. The first-order valence-corrected chi connectivity index (χ1v) is 10.3. The molecule has 31 heavy (non-hydrogen) atoms. The molecule has 4 rings (SSSR count). The first kappa shape index (κ1) is 21.0. The summed E-state index contributed by atoms with van der Waals surface area (Å²) in [5.74, 6) is -0.328. The molecule has 1 amide bonds. The Kier molecular flexibility index (Phi) is 5.77. The van der Waals surface area contributed by atoms with E-state index >= 15 is 0 Å².